The standard InChI is InChI=1S/C21H21Cl2NO4S/c1-21(20(26)27)5-2-6-24(21)19(25)17-10-16(12-3-4-12)18(29-17)11-28-15-8-13(22)7-14(23)9-15/h7-10,12H,2-6,11H2,1H3,(H,26,27)/t21-/m0/s1. The summed E-state index contributed by atoms with van der Waals surface area (Å²) in [7, 11) is 0. The van der Waals surface area contributed by atoms with Gasteiger partial charge in [0.15, 0.2) is 0 Å². The molecule has 2 fully saturated rings. The van der Waals surface area contributed by atoms with Gasteiger partial charge in [-0.15, -0.1) is 11.3 Å². The Morgan fingerprint density at radius 2 is 1.93 bits per heavy atom. The topological polar surface area (TPSA) is 66.8 Å². The van der Waals surface area contributed by atoms with Gasteiger partial charge in [0, 0.05) is 21.5 Å². The summed E-state index contributed by atoms with van der Waals surface area (Å²) in [6, 6.07) is 6.97. The van der Waals surface area contributed by atoms with Crippen molar-refractivity contribution in [1.82, 2.24) is 4.90 Å². The SMILES string of the molecule is C[C@@]1(C(=O)O)CCCN1C(=O)c1cc(C2CC2)c(COc2cc(Cl)cc(Cl)c2)s1. The zero-order valence-corrected chi connectivity index (χ0v) is 18.2. The van der Waals surface area contributed by atoms with Crippen LogP contribution in [0.25, 0.3) is 0 Å². The van der Waals surface area contributed by atoms with Crippen molar-refractivity contribution < 1.29 is 19.4 Å². The quantitative estimate of drug-likeness (QED) is 0.618. The predicted octanol–water partition coefficient (Wildman–Crippen LogP) is 5.59. The van der Waals surface area contributed by atoms with E-state index in [4.69, 9.17) is 27.9 Å². The van der Waals surface area contributed by atoms with E-state index in [0.717, 1.165) is 23.3 Å². The fourth-order valence-electron chi connectivity index (χ4n) is 3.81. The van der Waals surface area contributed by atoms with Gasteiger partial charge in [-0.1, -0.05) is 23.2 Å². The third kappa shape index (κ3) is 4.11. The number of carbonyl (C=O) groups is 2. The average Bonchev–Trinajstić information content (AvgIpc) is 3.28. The number of rotatable bonds is 6. The first kappa shape index (κ1) is 20.5. The average molecular weight is 454 g/mol. The van der Waals surface area contributed by atoms with Crippen LogP contribution in [0.3, 0.4) is 0 Å². The van der Waals surface area contributed by atoms with Crippen molar-refractivity contribution in [1.29, 1.82) is 0 Å². The van der Waals surface area contributed by atoms with Crippen LogP contribution in [0.15, 0.2) is 24.3 Å². The molecule has 0 spiro atoms. The molecular formula is C21H21Cl2NO4S. The number of carbonyl (C=O) groups excluding carboxylic acids is 1. The molecule has 1 amide bonds. The van der Waals surface area contributed by atoms with Gasteiger partial charge in [0.05, 0.1) is 4.88 Å². The van der Waals surface area contributed by atoms with Crippen LogP contribution >= 0.6 is 34.5 Å². The molecule has 1 aliphatic carbocycles. The third-order valence-electron chi connectivity index (χ3n) is 5.62. The Kier molecular flexibility index (Phi) is 5.53. The summed E-state index contributed by atoms with van der Waals surface area (Å²) in [5.41, 5.74) is -0.0163. The summed E-state index contributed by atoms with van der Waals surface area (Å²) >= 11 is 13.5. The Morgan fingerprint density at radius 1 is 1.24 bits per heavy atom. The Morgan fingerprint density at radius 3 is 2.55 bits per heavy atom. The number of benzene rings is 1. The number of halogens is 2. The molecule has 1 aromatic heterocycles. The first-order chi connectivity index (χ1) is 13.8. The van der Waals surface area contributed by atoms with Crippen LogP contribution in [0.1, 0.15) is 58.6 Å². The highest BCUT2D eigenvalue weighted by atomic mass is 35.5. The largest absolute Gasteiger partial charge is 0.488 e. The lowest BCUT2D eigenvalue weighted by atomic mass is 9.99. The van der Waals surface area contributed by atoms with Crippen LogP contribution < -0.4 is 4.74 Å². The van der Waals surface area contributed by atoms with E-state index >= 15 is 0 Å². The molecule has 0 bridgehead atoms. The molecule has 4 rings (SSSR count). The number of hydrogen-bond donors (Lipinski definition) is 1. The molecule has 2 heterocycles. The molecule has 154 valence electrons. The molecule has 0 unspecified atom stereocenters. The van der Waals surface area contributed by atoms with Gasteiger partial charge in [0.25, 0.3) is 5.91 Å². The summed E-state index contributed by atoms with van der Waals surface area (Å²) in [4.78, 5) is 27.9. The Labute approximate surface area is 183 Å². The van der Waals surface area contributed by atoms with Crippen molar-refractivity contribution in [3.63, 3.8) is 0 Å². The third-order valence-corrected chi connectivity index (χ3v) is 7.17. The molecule has 29 heavy (non-hydrogen) atoms. The molecule has 1 saturated carbocycles. The van der Waals surface area contributed by atoms with Crippen molar-refractivity contribution in [3.05, 3.63) is 49.6 Å². The van der Waals surface area contributed by atoms with Gasteiger partial charge >= 0.3 is 5.97 Å². The lowest BCUT2D eigenvalue weighted by molar-refractivity contribution is -0.147. The summed E-state index contributed by atoms with van der Waals surface area (Å²) in [6.45, 7) is 2.41. The lowest BCUT2D eigenvalue weighted by Crippen LogP contribution is -2.50. The van der Waals surface area contributed by atoms with Crippen LogP contribution in [0, 0.1) is 0 Å². The number of carboxylic acids is 1. The lowest BCUT2D eigenvalue weighted by Gasteiger charge is -2.30. The van der Waals surface area contributed by atoms with Gasteiger partial charge in [-0.2, -0.15) is 0 Å². The molecule has 5 nitrogen and oxygen atoms in total. The Bertz CT molecular complexity index is 951. The summed E-state index contributed by atoms with van der Waals surface area (Å²) in [6.07, 6.45) is 3.36. The molecule has 2 aromatic rings. The number of aliphatic carboxylic acids is 1. The van der Waals surface area contributed by atoms with Crippen molar-refractivity contribution in [2.45, 2.75) is 50.7 Å². The highest BCUT2D eigenvalue weighted by Gasteiger charge is 2.46. The maximum Gasteiger partial charge on any atom is 0.329 e. The van der Waals surface area contributed by atoms with Crippen molar-refractivity contribution in [3.8, 4) is 5.75 Å². The van der Waals surface area contributed by atoms with Gasteiger partial charge in [-0.3, -0.25) is 4.79 Å². The smallest absolute Gasteiger partial charge is 0.329 e. The zero-order chi connectivity index (χ0) is 20.8. The molecule has 0 radical (unpaired) electrons. The normalized spacial score (nSPS) is 21.4. The van der Waals surface area contributed by atoms with Crippen LogP contribution in [0.5, 0.6) is 5.75 Å². The van der Waals surface area contributed by atoms with Gasteiger partial charge in [-0.25, -0.2) is 4.79 Å². The second-order valence-electron chi connectivity index (χ2n) is 7.80. The van der Waals surface area contributed by atoms with Crippen molar-refractivity contribution >= 4 is 46.4 Å². The van der Waals surface area contributed by atoms with E-state index < -0.39 is 11.5 Å². The Balaban J connectivity index is 1.57. The van der Waals surface area contributed by atoms with Gasteiger partial charge in [-0.05, 0) is 68.4 Å². The van der Waals surface area contributed by atoms with Crippen LogP contribution in [0.2, 0.25) is 10.0 Å². The maximum atomic E-state index is 13.1. The number of ether oxygens (including phenoxy) is 1. The van der Waals surface area contributed by atoms with Crippen LogP contribution in [0.4, 0.5) is 0 Å². The molecule has 1 aromatic carbocycles. The molecule has 8 heteroatoms. The monoisotopic (exact) mass is 453 g/mol. The molecule has 1 aliphatic heterocycles. The minimum absolute atomic E-state index is 0.212. The number of likely N-dealkylation sites (tertiary alicyclic amines) is 1. The number of nitrogens with zero attached hydrogens (tertiary/aromatic N) is 1. The first-order valence-electron chi connectivity index (χ1n) is 9.55. The van der Waals surface area contributed by atoms with E-state index in [1.165, 1.54) is 16.2 Å². The number of amides is 1. The van der Waals surface area contributed by atoms with E-state index in [-0.39, 0.29) is 5.91 Å². The molecule has 1 atom stereocenters. The minimum Gasteiger partial charge on any atom is -0.488 e. The number of thiophene rings is 1. The highest BCUT2D eigenvalue weighted by Crippen LogP contribution is 2.45. The van der Waals surface area contributed by atoms with Crippen molar-refractivity contribution in [2.24, 2.45) is 0 Å². The second kappa shape index (κ2) is 7.82. The van der Waals surface area contributed by atoms with Gasteiger partial charge in [0.2, 0.25) is 0 Å². The summed E-state index contributed by atoms with van der Waals surface area (Å²) < 4.78 is 5.89. The molecule has 1 saturated heterocycles. The minimum atomic E-state index is -1.14. The first-order valence-corrected chi connectivity index (χ1v) is 11.1. The van der Waals surface area contributed by atoms with E-state index in [9.17, 15) is 14.7 Å². The Hall–Kier alpha value is -1.76. The fraction of sp³-hybridized carbons (Fsp3) is 0.429. The van der Waals surface area contributed by atoms with E-state index in [0.29, 0.717) is 52.6 Å². The highest BCUT2D eigenvalue weighted by molar-refractivity contribution is 7.14. The summed E-state index contributed by atoms with van der Waals surface area (Å²) in [5.74, 6) is -0.151. The van der Waals surface area contributed by atoms with Crippen molar-refractivity contribution in [2.75, 3.05) is 6.54 Å². The predicted molar refractivity (Wildman–Crippen MR) is 113 cm³/mol. The molecule has 2 aliphatic rings. The second-order valence-corrected chi connectivity index (χ2v) is 9.81. The van der Waals surface area contributed by atoms with Gasteiger partial charge in [0.1, 0.15) is 17.9 Å². The van der Waals surface area contributed by atoms with E-state index in [2.05, 4.69) is 0 Å². The summed E-state index contributed by atoms with van der Waals surface area (Å²) in [5, 5.41) is 10.6. The number of carboxylic acid groups (broad SMARTS) is 1. The maximum absolute atomic E-state index is 13.1. The van der Waals surface area contributed by atoms with Crippen LogP contribution in [-0.4, -0.2) is 34.0 Å². The van der Waals surface area contributed by atoms with E-state index in [1.807, 2.05) is 6.07 Å². The van der Waals surface area contributed by atoms with Crippen LogP contribution in [-0.2, 0) is 11.4 Å². The van der Waals surface area contributed by atoms with Gasteiger partial charge < -0.3 is 14.7 Å². The molecule has 1 N–H and O–H groups in total. The van der Waals surface area contributed by atoms with E-state index in [1.54, 1.807) is 25.1 Å². The number of hydrogen-bond acceptors (Lipinski definition) is 4. The fourth-order valence-corrected chi connectivity index (χ4v) is 5.42. The molecular weight excluding hydrogens is 433 g/mol. The zero-order valence-electron chi connectivity index (χ0n) is 15.9.